The first-order valence-electron chi connectivity index (χ1n) is 14.5. The van der Waals surface area contributed by atoms with Crippen molar-refractivity contribution in [1.29, 1.82) is 5.26 Å². The van der Waals surface area contributed by atoms with Crippen LogP contribution in [0, 0.1) is 11.3 Å². The molecule has 0 unspecified atom stereocenters. The number of hydrogen-bond acceptors (Lipinski definition) is 7. The summed E-state index contributed by atoms with van der Waals surface area (Å²) in [5, 5.41) is 12.1. The molecular formula is C34H39N3O6. The topological polar surface area (TPSA) is 110 Å². The van der Waals surface area contributed by atoms with Crippen LogP contribution in [0.2, 0.25) is 0 Å². The van der Waals surface area contributed by atoms with Crippen molar-refractivity contribution in [3.8, 4) is 17.6 Å². The molecule has 9 heteroatoms. The molecule has 3 aromatic carbocycles. The SMILES string of the molecule is CC(C)(C)OC(=O)N[C@@H](COc1cccc(C#N)c1)Cc1ccc(OC2CCN(C(=O)OCc3ccccc3)CC2)cc1. The highest BCUT2D eigenvalue weighted by Gasteiger charge is 2.25. The van der Waals surface area contributed by atoms with E-state index in [2.05, 4.69) is 11.4 Å². The summed E-state index contributed by atoms with van der Waals surface area (Å²) < 4.78 is 23.0. The van der Waals surface area contributed by atoms with E-state index in [1.54, 1.807) is 29.2 Å². The van der Waals surface area contributed by atoms with Crippen molar-refractivity contribution in [3.05, 3.63) is 95.6 Å². The molecule has 0 radical (unpaired) electrons. The molecule has 1 atom stereocenters. The number of hydrogen-bond donors (Lipinski definition) is 1. The monoisotopic (exact) mass is 585 g/mol. The number of amides is 2. The first kappa shape index (κ1) is 31.2. The van der Waals surface area contributed by atoms with Gasteiger partial charge in [-0.2, -0.15) is 5.26 Å². The van der Waals surface area contributed by atoms with Gasteiger partial charge in [-0.05, 0) is 68.7 Å². The van der Waals surface area contributed by atoms with E-state index in [0.29, 0.717) is 43.7 Å². The van der Waals surface area contributed by atoms with Crippen molar-refractivity contribution in [1.82, 2.24) is 10.2 Å². The Morgan fingerprint density at radius 1 is 0.953 bits per heavy atom. The minimum absolute atomic E-state index is 0.00295. The average Bonchev–Trinajstić information content (AvgIpc) is 2.99. The van der Waals surface area contributed by atoms with Gasteiger partial charge in [0.15, 0.2) is 0 Å². The first-order valence-corrected chi connectivity index (χ1v) is 14.5. The molecule has 9 nitrogen and oxygen atoms in total. The molecule has 0 saturated carbocycles. The number of likely N-dealkylation sites (tertiary alicyclic amines) is 1. The molecule has 43 heavy (non-hydrogen) atoms. The van der Waals surface area contributed by atoms with Crippen molar-refractivity contribution in [3.63, 3.8) is 0 Å². The van der Waals surface area contributed by atoms with E-state index in [1.165, 1.54) is 0 Å². The lowest BCUT2D eigenvalue weighted by Crippen LogP contribution is -2.43. The zero-order chi connectivity index (χ0) is 30.7. The van der Waals surface area contributed by atoms with E-state index in [0.717, 1.165) is 16.9 Å². The second-order valence-electron chi connectivity index (χ2n) is 11.5. The summed E-state index contributed by atoms with van der Waals surface area (Å²) in [6.45, 7) is 7.04. The molecule has 3 aromatic rings. The molecule has 1 heterocycles. The minimum atomic E-state index is -0.631. The van der Waals surface area contributed by atoms with Gasteiger partial charge in [0.1, 0.15) is 36.4 Å². The van der Waals surface area contributed by atoms with Crippen LogP contribution in [0.15, 0.2) is 78.9 Å². The van der Waals surface area contributed by atoms with E-state index >= 15 is 0 Å². The van der Waals surface area contributed by atoms with Crippen LogP contribution in [0.25, 0.3) is 0 Å². The lowest BCUT2D eigenvalue weighted by Gasteiger charge is -2.31. The predicted molar refractivity (Wildman–Crippen MR) is 162 cm³/mol. The van der Waals surface area contributed by atoms with Crippen LogP contribution in [-0.4, -0.2) is 54.5 Å². The summed E-state index contributed by atoms with van der Waals surface area (Å²) in [7, 11) is 0. The summed E-state index contributed by atoms with van der Waals surface area (Å²) in [5.74, 6) is 1.30. The molecule has 0 spiro atoms. The molecule has 1 fully saturated rings. The van der Waals surface area contributed by atoms with Gasteiger partial charge in [-0.1, -0.05) is 48.5 Å². The Morgan fingerprint density at radius 2 is 1.67 bits per heavy atom. The number of benzene rings is 3. The van der Waals surface area contributed by atoms with Gasteiger partial charge < -0.3 is 29.2 Å². The fourth-order valence-corrected chi connectivity index (χ4v) is 4.63. The third-order valence-electron chi connectivity index (χ3n) is 6.75. The first-order chi connectivity index (χ1) is 20.7. The molecule has 1 N–H and O–H groups in total. The fraction of sp³-hybridized carbons (Fsp3) is 0.382. The molecule has 0 aromatic heterocycles. The molecule has 2 amide bonds. The van der Waals surface area contributed by atoms with Crippen molar-refractivity contribution < 1.29 is 28.5 Å². The zero-order valence-electron chi connectivity index (χ0n) is 25.0. The van der Waals surface area contributed by atoms with Gasteiger partial charge in [0.2, 0.25) is 0 Å². The Labute approximate surface area is 253 Å². The Morgan fingerprint density at radius 3 is 2.35 bits per heavy atom. The summed E-state index contributed by atoms with van der Waals surface area (Å²) in [6, 6.07) is 26.0. The predicted octanol–water partition coefficient (Wildman–Crippen LogP) is 6.25. The normalized spacial score (nSPS) is 14.2. The molecule has 226 valence electrons. The third-order valence-corrected chi connectivity index (χ3v) is 6.75. The molecule has 1 saturated heterocycles. The van der Waals surface area contributed by atoms with Crippen LogP contribution in [-0.2, 0) is 22.5 Å². The van der Waals surface area contributed by atoms with Gasteiger partial charge >= 0.3 is 12.2 Å². The smallest absolute Gasteiger partial charge is 0.410 e. The lowest BCUT2D eigenvalue weighted by atomic mass is 10.1. The zero-order valence-corrected chi connectivity index (χ0v) is 25.0. The highest BCUT2D eigenvalue weighted by molar-refractivity contribution is 5.68. The number of carbonyl (C=O) groups excluding carboxylic acids is 2. The Bertz CT molecular complexity index is 1370. The number of piperidine rings is 1. The van der Waals surface area contributed by atoms with E-state index in [4.69, 9.17) is 24.2 Å². The van der Waals surface area contributed by atoms with Crippen molar-refractivity contribution in [2.75, 3.05) is 19.7 Å². The number of ether oxygens (including phenoxy) is 4. The number of rotatable bonds is 10. The average molecular weight is 586 g/mol. The van der Waals surface area contributed by atoms with E-state index in [9.17, 15) is 9.59 Å². The van der Waals surface area contributed by atoms with Crippen molar-refractivity contribution in [2.45, 2.75) is 64.4 Å². The Hall–Kier alpha value is -4.71. The highest BCUT2D eigenvalue weighted by atomic mass is 16.6. The van der Waals surface area contributed by atoms with E-state index < -0.39 is 11.7 Å². The van der Waals surface area contributed by atoms with Gasteiger partial charge in [0.25, 0.3) is 0 Å². The van der Waals surface area contributed by atoms with Gasteiger partial charge in [0.05, 0.1) is 17.7 Å². The highest BCUT2D eigenvalue weighted by Crippen LogP contribution is 2.21. The molecule has 1 aliphatic heterocycles. The van der Waals surface area contributed by atoms with E-state index in [1.807, 2.05) is 75.4 Å². The second-order valence-corrected chi connectivity index (χ2v) is 11.5. The summed E-state index contributed by atoms with van der Waals surface area (Å²) in [5.41, 5.74) is 1.81. The third kappa shape index (κ3) is 10.6. The molecular weight excluding hydrogens is 546 g/mol. The number of nitriles is 1. The molecule has 0 bridgehead atoms. The minimum Gasteiger partial charge on any atom is -0.491 e. The molecule has 4 rings (SSSR count). The van der Waals surface area contributed by atoms with Crippen LogP contribution in [0.3, 0.4) is 0 Å². The Kier molecular flexibility index (Phi) is 10.9. The van der Waals surface area contributed by atoms with Crippen molar-refractivity contribution >= 4 is 12.2 Å². The number of alkyl carbamates (subject to hydrolysis) is 1. The van der Waals surface area contributed by atoms with Gasteiger partial charge in [0, 0.05) is 25.9 Å². The van der Waals surface area contributed by atoms with Crippen molar-refractivity contribution in [2.24, 2.45) is 0 Å². The quantitative estimate of drug-likeness (QED) is 0.299. The maximum atomic E-state index is 12.5. The van der Waals surface area contributed by atoms with Crippen LogP contribution in [0.1, 0.15) is 50.3 Å². The molecule has 0 aliphatic carbocycles. The van der Waals surface area contributed by atoms with Gasteiger partial charge in [-0.25, -0.2) is 9.59 Å². The lowest BCUT2D eigenvalue weighted by molar-refractivity contribution is 0.0487. The summed E-state index contributed by atoms with van der Waals surface area (Å²) >= 11 is 0. The Balaban J connectivity index is 1.27. The van der Waals surface area contributed by atoms with Gasteiger partial charge in [-0.3, -0.25) is 0 Å². The van der Waals surface area contributed by atoms with Crippen LogP contribution < -0.4 is 14.8 Å². The largest absolute Gasteiger partial charge is 0.491 e. The van der Waals surface area contributed by atoms with Crippen LogP contribution >= 0.6 is 0 Å². The number of nitrogens with zero attached hydrogens (tertiary/aromatic N) is 2. The maximum Gasteiger partial charge on any atom is 0.410 e. The second kappa shape index (κ2) is 15.0. The van der Waals surface area contributed by atoms with Crippen LogP contribution in [0.4, 0.5) is 9.59 Å². The van der Waals surface area contributed by atoms with Gasteiger partial charge in [-0.15, -0.1) is 0 Å². The molecule has 1 aliphatic rings. The van der Waals surface area contributed by atoms with Crippen LogP contribution in [0.5, 0.6) is 11.5 Å². The number of nitrogens with one attached hydrogen (secondary N) is 1. The van der Waals surface area contributed by atoms with E-state index in [-0.39, 0.29) is 31.5 Å². The maximum absolute atomic E-state index is 12.5. The fourth-order valence-electron chi connectivity index (χ4n) is 4.63. The summed E-state index contributed by atoms with van der Waals surface area (Å²) in [4.78, 5) is 26.7. The number of carbonyl (C=O) groups is 2. The summed E-state index contributed by atoms with van der Waals surface area (Å²) in [6.07, 6.45) is 1.11. The standard InChI is InChI=1S/C34H39N3O6/c1-34(2,3)43-32(38)36-28(24-40-31-11-7-10-27(21-31)22-35)20-25-12-14-29(15-13-25)42-30-16-18-37(19-17-30)33(39)41-23-26-8-5-4-6-9-26/h4-15,21,28,30H,16-20,23-24H2,1-3H3,(H,36,38)/t28-/m1/s1.